The van der Waals surface area contributed by atoms with Crippen molar-refractivity contribution in [2.75, 3.05) is 13.7 Å². The SMILES string of the molecule is COc1ccc(CCNC(=O)C(N)=O)cc1F. The van der Waals surface area contributed by atoms with Crippen LogP contribution in [-0.2, 0) is 16.0 Å². The van der Waals surface area contributed by atoms with Crippen LogP contribution in [0.5, 0.6) is 5.75 Å². The van der Waals surface area contributed by atoms with Gasteiger partial charge in [0, 0.05) is 6.54 Å². The number of benzene rings is 1. The van der Waals surface area contributed by atoms with E-state index in [0.29, 0.717) is 12.0 Å². The third kappa shape index (κ3) is 3.75. The van der Waals surface area contributed by atoms with E-state index < -0.39 is 17.6 Å². The van der Waals surface area contributed by atoms with Crippen molar-refractivity contribution >= 4 is 11.8 Å². The van der Waals surface area contributed by atoms with Gasteiger partial charge in [-0.15, -0.1) is 0 Å². The Hall–Kier alpha value is -2.11. The first kappa shape index (κ1) is 13.0. The van der Waals surface area contributed by atoms with Gasteiger partial charge in [-0.25, -0.2) is 4.39 Å². The monoisotopic (exact) mass is 240 g/mol. The van der Waals surface area contributed by atoms with Crippen molar-refractivity contribution in [3.05, 3.63) is 29.6 Å². The van der Waals surface area contributed by atoms with Crippen LogP contribution in [0.3, 0.4) is 0 Å². The lowest BCUT2D eigenvalue weighted by Crippen LogP contribution is -2.37. The lowest BCUT2D eigenvalue weighted by molar-refractivity contribution is -0.137. The Labute approximate surface area is 97.7 Å². The number of carbonyl (C=O) groups excluding carboxylic acids is 2. The van der Waals surface area contributed by atoms with Gasteiger partial charge in [-0.1, -0.05) is 6.07 Å². The minimum absolute atomic E-state index is 0.162. The van der Waals surface area contributed by atoms with Gasteiger partial charge in [0.2, 0.25) is 0 Å². The molecular formula is C11H13FN2O3. The zero-order valence-corrected chi connectivity index (χ0v) is 9.33. The number of primary amides is 1. The number of hydrogen-bond donors (Lipinski definition) is 2. The highest BCUT2D eigenvalue weighted by atomic mass is 19.1. The summed E-state index contributed by atoms with van der Waals surface area (Å²) in [5, 5.41) is 2.31. The molecule has 6 heteroatoms. The summed E-state index contributed by atoms with van der Waals surface area (Å²) in [7, 11) is 1.38. The summed E-state index contributed by atoms with van der Waals surface area (Å²) in [6.07, 6.45) is 0.403. The lowest BCUT2D eigenvalue weighted by atomic mass is 10.1. The molecule has 0 heterocycles. The normalized spacial score (nSPS) is 9.76. The Bertz CT molecular complexity index is 435. The average molecular weight is 240 g/mol. The van der Waals surface area contributed by atoms with E-state index in [4.69, 9.17) is 10.5 Å². The molecule has 0 fully saturated rings. The van der Waals surface area contributed by atoms with E-state index in [0.717, 1.165) is 0 Å². The van der Waals surface area contributed by atoms with Crippen LogP contribution < -0.4 is 15.8 Å². The fourth-order valence-electron chi connectivity index (χ4n) is 1.27. The second-order valence-corrected chi connectivity index (χ2v) is 3.34. The maximum Gasteiger partial charge on any atom is 0.309 e. The first-order chi connectivity index (χ1) is 8.04. The maximum absolute atomic E-state index is 13.3. The van der Waals surface area contributed by atoms with Crippen LogP contribution in [0.4, 0.5) is 4.39 Å². The highest BCUT2D eigenvalue weighted by Gasteiger charge is 2.07. The largest absolute Gasteiger partial charge is 0.494 e. The van der Waals surface area contributed by atoms with Gasteiger partial charge < -0.3 is 15.8 Å². The predicted molar refractivity (Wildman–Crippen MR) is 58.9 cm³/mol. The van der Waals surface area contributed by atoms with E-state index in [1.54, 1.807) is 6.07 Å². The van der Waals surface area contributed by atoms with Crippen LogP contribution >= 0.6 is 0 Å². The van der Waals surface area contributed by atoms with Crippen molar-refractivity contribution in [1.29, 1.82) is 0 Å². The van der Waals surface area contributed by atoms with Gasteiger partial charge in [0.05, 0.1) is 7.11 Å². The second-order valence-electron chi connectivity index (χ2n) is 3.34. The average Bonchev–Trinajstić information content (AvgIpc) is 2.29. The number of nitrogens with two attached hydrogens (primary N) is 1. The Morgan fingerprint density at radius 2 is 2.18 bits per heavy atom. The number of hydrogen-bond acceptors (Lipinski definition) is 3. The zero-order valence-electron chi connectivity index (χ0n) is 9.33. The molecule has 2 amide bonds. The Kier molecular flexibility index (Phi) is 4.45. The highest BCUT2D eigenvalue weighted by Crippen LogP contribution is 2.17. The Morgan fingerprint density at radius 3 is 2.71 bits per heavy atom. The summed E-state index contributed by atoms with van der Waals surface area (Å²) < 4.78 is 18.0. The molecule has 1 rings (SSSR count). The molecule has 5 nitrogen and oxygen atoms in total. The van der Waals surface area contributed by atoms with Crippen molar-refractivity contribution in [2.24, 2.45) is 5.73 Å². The van der Waals surface area contributed by atoms with Crippen LogP contribution in [0.25, 0.3) is 0 Å². The number of ether oxygens (including phenoxy) is 1. The summed E-state index contributed by atoms with van der Waals surface area (Å²) in [6.45, 7) is 0.216. The minimum atomic E-state index is -1.04. The maximum atomic E-state index is 13.3. The molecule has 0 unspecified atom stereocenters. The number of rotatable bonds is 4. The smallest absolute Gasteiger partial charge is 0.309 e. The summed E-state index contributed by atoms with van der Waals surface area (Å²) in [5.74, 6) is -2.19. The third-order valence-corrected chi connectivity index (χ3v) is 2.14. The first-order valence-electron chi connectivity index (χ1n) is 4.94. The van der Waals surface area contributed by atoms with E-state index in [1.165, 1.54) is 19.2 Å². The van der Waals surface area contributed by atoms with E-state index in [2.05, 4.69) is 5.32 Å². The molecule has 17 heavy (non-hydrogen) atoms. The van der Waals surface area contributed by atoms with Crippen LogP contribution in [-0.4, -0.2) is 25.5 Å². The van der Waals surface area contributed by atoms with E-state index in [9.17, 15) is 14.0 Å². The summed E-state index contributed by atoms with van der Waals surface area (Å²) in [6, 6.07) is 4.49. The fraction of sp³-hybridized carbons (Fsp3) is 0.273. The van der Waals surface area contributed by atoms with Gasteiger partial charge in [-0.3, -0.25) is 9.59 Å². The van der Waals surface area contributed by atoms with Crippen LogP contribution in [0.2, 0.25) is 0 Å². The number of amides is 2. The number of methoxy groups -OCH3 is 1. The van der Waals surface area contributed by atoms with Crippen molar-refractivity contribution < 1.29 is 18.7 Å². The molecular weight excluding hydrogens is 227 g/mol. The Morgan fingerprint density at radius 1 is 1.47 bits per heavy atom. The van der Waals surface area contributed by atoms with Crippen molar-refractivity contribution in [1.82, 2.24) is 5.32 Å². The van der Waals surface area contributed by atoms with Gasteiger partial charge >= 0.3 is 11.8 Å². The van der Waals surface area contributed by atoms with Crippen LogP contribution in [0, 0.1) is 5.82 Å². The summed E-state index contributed by atoms with van der Waals surface area (Å²) >= 11 is 0. The van der Waals surface area contributed by atoms with Gasteiger partial charge in [-0.2, -0.15) is 0 Å². The Balaban J connectivity index is 2.50. The molecule has 0 aliphatic heterocycles. The molecule has 0 spiro atoms. The van der Waals surface area contributed by atoms with E-state index in [-0.39, 0.29) is 12.3 Å². The minimum Gasteiger partial charge on any atom is -0.494 e. The lowest BCUT2D eigenvalue weighted by Gasteiger charge is -2.05. The molecule has 0 radical (unpaired) electrons. The van der Waals surface area contributed by atoms with Crippen LogP contribution in [0.1, 0.15) is 5.56 Å². The van der Waals surface area contributed by atoms with E-state index >= 15 is 0 Å². The van der Waals surface area contributed by atoms with Gasteiger partial charge in [0.15, 0.2) is 11.6 Å². The number of halogens is 1. The van der Waals surface area contributed by atoms with Gasteiger partial charge in [-0.05, 0) is 24.1 Å². The molecule has 0 aliphatic rings. The molecule has 3 N–H and O–H groups in total. The summed E-state index contributed by atoms with van der Waals surface area (Å²) in [5.41, 5.74) is 5.44. The summed E-state index contributed by atoms with van der Waals surface area (Å²) in [4.78, 5) is 21.2. The quantitative estimate of drug-likeness (QED) is 0.725. The van der Waals surface area contributed by atoms with Gasteiger partial charge in [0.1, 0.15) is 0 Å². The van der Waals surface area contributed by atoms with Crippen molar-refractivity contribution in [3.8, 4) is 5.75 Å². The van der Waals surface area contributed by atoms with Crippen molar-refractivity contribution in [3.63, 3.8) is 0 Å². The molecule has 0 aliphatic carbocycles. The standard InChI is InChI=1S/C11H13FN2O3/c1-17-9-3-2-7(6-8(9)12)4-5-14-11(16)10(13)15/h2-3,6H,4-5H2,1H3,(H2,13,15)(H,14,16). The first-order valence-corrected chi connectivity index (χ1v) is 4.94. The topological polar surface area (TPSA) is 81.4 Å². The number of carbonyl (C=O) groups is 2. The van der Waals surface area contributed by atoms with Gasteiger partial charge in [0.25, 0.3) is 0 Å². The van der Waals surface area contributed by atoms with Crippen molar-refractivity contribution in [2.45, 2.75) is 6.42 Å². The second kappa shape index (κ2) is 5.83. The zero-order chi connectivity index (χ0) is 12.8. The molecule has 0 atom stereocenters. The fourth-order valence-corrected chi connectivity index (χ4v) is 1.27. The highest BCUT2D eigenvalue weighted by molar-refractivity contribution is 6.34. The molecule has 1 aromatic rings. The molecule has 1 aromatic carbocycles. The molecule has 0 bridgehead atoms. The molecule has 0 aromatic heterocycles. The van der Waals surface area contributed by atoms with Crippen LogP contribution in [0.15, 0.2) is 18.2 Å². The van der Waals surface area contributed by atoms with E-state index in [1.807, 2.05) is 0 Å². The third-order valence-electron chi connectivity index (χ3n) is 2.14. The predicted octanol–water partition coefficient (Wildman–Crippen LogP) is -0.0217. The number of nitrogens with one attached hydrogen (secondary N) is 1. The molecule has 0 saturated heterocycles. The molecule has 0 saturated carbocycles. The molecule has 92 valence electrons.